The molecule has 2 N–H and O–H groups in total. The predicted octanol–water partition coefficient (Wildman–Crippen LogP) is -0.884. The first-order valence-electron chi connectivity index (χ1n) is 4.23. The number of rotatable bonds is 3. The molecule has 13 heavy (non-hydrogen) atoms. The molecule has 0 unspecified atom stereocenters. The molecule has 1 aliphatic rings. The molecule has 1 aliphatic heterocycles. The van der Waals surface area contributed by atoms with E-state index in [-0.39, 0.29) is 12.7 Å². The van der Waals surface area contributed by atoms with Crippen LogP contribution < -0.4 is 0 Å². The number of methoxy groups -OCH3 is 2. The largest absolute Gasteiger partial charge is 0.394 e. The van der Waals surface area contributed by atoms with Gasteiger partial charge in [-0.25, -0.2) is 0 Å². The average molecular weight is 192 g/mol. The fourth-order valence-electron chi connectivity index (χ4n) is 1.43. The third kappa shape index (κ3) is 2.38. The number of aliphatic hydroxyl groups excluding tert-OH is 2. The van der Waals surface area contributed by atoms with Gasteiger partial charge in [-0.05, 0) is 0 Å². The summed E-state index contributed by atoms with van der Waals surface area (Å²) >= 11 is 0. The maximum atomic E-state index is 9.46. The van der Waals surface area contributed by atoms with Gasteiger partial charge < -0.3 is 24.4 Å². The second kappa shape index (κ2) is 4.88. The van der Waals surface area contributed by atoms with Crippen LogP contribution in [0.4, 0.5) is 0 Å². The van der Waals surface area contributed by atoms with Crippen molar-refractivity contribution < 1.29 is 24.4 Å². The quantitative estimate of drug-likeness (QED) is 0.607. The third-order valence-electron chi connectivity index (χ3n) is 2.23. The van der Waals surface area contributed by atoms with E-state index in [2.05, 4.69) is 0 Å². The minimum Gasteiger partial charge on any atom is -0.394 e. The van der Waals surface area contributed by atoms with Crippen LogP contribution in [0.3, 0.4) is 0 Å². The summed E-state index contributed by atoms with van der Waals surface area (Å²) in [5.41, 5.74) is 0. The van der Waals surface area contributed by atoms with E-state index in [1.54, 1.807) is 0 Å². The van der Waals surface area contributed by atoms with Gasteiger partial charge in [0.15, 0.2) is 6.29 Å². The standard InChI is InChI=1S/C8H16O5/c1-11-6-3-5(10)7(4-9)13-8(6)12-2/h5-10H,3-4H2,1-2H3/t5-,6-,7+,8-/m0/s1. The smallest absolute Gasteiger partial charge is 0.183 e. The zero-order chi connectivity index (χ0) is 9.84. The Kier molecular flexibility index (Phi) is 4.08. The molecule has 1 fully saturated rings. The summed E-state index contributed by atoms with van der Waals surface area (Å²) in [7, 11) is 3.04. The van der Waals surface area contributed by atoms with Crippen LogP contribution in [-0.2, 0) is 14.2 Å². The Morgan fingerprint density at radius 1 is 1.38 bits per heavy atom. The molecule has 5 nitrogen and oxygen atoms in total. The summed E-state index contributed by atoms with van der Waals surface area (Å²) in [6.45, 7) is -0.211. The molecule has 0 amide bonds. The molecular weight excluding hydrogens is 176 g/mol. The van der Waals surface area contributed by atoms with Crippen molar-refractivity contribution in [3.8, 4) is 0 Å². The van der Waals surface area contributed by atoms with Crippen LogP contribution in [0.15, 0.2) is 0 Å². The molecular formula is C8H16O5. The molecule has 0 aromatic rings. The van der Waals surface area contributed by atoms with Gasteiger partial charge in [-0.1, -0.05) is 0 Å². The first-order valence-corrected chi connectivity index (χ1v) is 4.23. The second-order valence-corrected chi connectivity index (χ2v) is 3.04. The Hall–Kier alpha value is -0.200. The summed E-state index contributed by atoms with van der Waals surface area (Å²) in [5.74, 6) is 0. The van der Waals surface area contributed by atoms with Crippen LogP contribution in [0.2, 0.25) is 0 Å². The molecule has 0 radical (unpaired) electrons. The van der Waals surface area contributed by atoms with Gasteiger partial charge in [0.05, 0.1) is 12.7 Å². The van der Waals surface area contributed by atoms with Crippen LogP contribution in [-0.4, -0.2) is 55.6 Å². The van der Waals surface area contributed by atoms with E-state index >= 15 is 0 Å². The first-order chi connectivity index (χ1) is 6.22. The van der Waals surface area contributed by atoms with Gasteiger partial charge in [0, 0.05) is 20.6 Å². The summed E-state index contributed by atoms with van der Waals surface area (Å²) in [4.78, 5) is 0. The summed E-state index contributed by atoms with van der Waals surface area (Å²) < 4.78 is 15.3. The average Bonchev–Trinajstić information content (AvgIpc) is 2.17. The molecule has 5 heteroatoms. The van der Waals surface area contributed by atoms with Crippen molar-refractivity contribution in [1.29, 1.82) is 0 Å². The molecule has 78 valence electrons. The van der Waals surface area contributed by atoms with Crippen molar-refractivity contribution in [2.45, 2.75) is 31.0 Å². The molecule has 1 rings (SSSR count). The predicted molar refractivity (Wildman–Crippen MR) is 44.2 cm³/mol. The first kappa shape index (κ1) is 10.9. The summed E-state index contributed by atoms with van der Waals surface area (Å²) in [5, 5.41) is 18.3. The molecule has 0 aromatic heterocycles. The molecule has 0 aliphatic carbocycles. The molecule has 1 heterocycles. The number of hydrogen-bond acceptors (Lipinski definition) is 5. The zero-order valence-electron chi connectivity index (χ0n) is 7.84. The lowest BCUT2D eigenvalue weighted by Crippen LogP contribution is -2.50. The maximum Gasteiger partial charge on any atom is 0.183 e. The van der Waals surface area contributed by atoms with E-state index in [1.807, 2.05) is 0 Å². The Labute approximate surface area is 77.2 Å². The lowest BCUT2D eigenvalue weighted by molar-refractivity contribution is -0.266. The monoisotopic (exact) mass is 192 g/mol. The van der Waals surface area contributed by atoms with Gasteiger partial charge in [-0.15, -0.1) is 0 Å². The molecule has 4 atom stereocenters. The highest BCUT2D eigenvalue weighted by Crippen LogP contribution is 2.22. The van der Waals surface area contributed by atoms with E-state index in [0.717, 1.165) is 0 Å². The third-order valence-corrected chi connectivity index (χ3v) is 2.23. The molecule has 0 saturated carbocycles. The fraction of sp³-hybridized carbons (Fsp3) is 1.00. The van der Waals surface area contributed by atoms with E-state index in [9.17, 15) is 5.11 Å². The lowest BCUT2D eigenvalue weighted by atomic mass is 10.0. The van der Waals surface area contributed by atoms with Crippen LogP contribution in [0.1, 0.15) is 6.42 Å². The van der Waals surface area contributed by atoms with Crippen molar-refractivity contribution in [1.82, 2.24) is 0 Å². The Morgan fingerprint density at radius 2 is 2.08 bits per heavy atom. The van der Waals surface area contributed by atoms with E-state index in [4.69, 9.17) is 19.3 Å². The van der Waals surface area contributed by atoms with Crippen LogP contribution in [0.5, 0.6) is 0 Å². The van der Waals surface area contributed by atoms with Gasteiger partial charge in [-0.3, -0.25) is 0 Å². The Morgan fingerprint density at radius 3 is 2.54 bits per heavy atom. The SMILES string of the molecule is CO[C@H]1O[C@H](CO)[C@@H](O)C[C@@H]1OC. The number of hydrogen-bond donors (Lipinski definition) is 2. The topological polar surface area (TPSA) is 68.2 Å². The Balaban J connectivity index is 2.54. The van der Waals surface area contributed by atoms with Gasteiger partial charge in [0.2, 0.25) is 0 Å². The Bertz CT molecular complexity index is 151. The lowest BCUT2D eigenvalue weighted by Gasteiger charge is -2.37. The van der Waals surface area contributed by atoms with Gasteiger partial charge in [-0.2, -0.15) is 0 Å². The van der Waals surface area contributed by atoms with Crippen molar-refractivity contribution in [3.05, 3.63) is 0 Å². The second-order valence-electron chi connectivity index (χ2n) is 3.04. The van der Waals surface area contributed by atoms with Crippen LogP contribution >= 0.6 is 0 Å². The highest BCUT2D eigenvalue weighted by molar-refractivity contribution is 4.81. The van der Waals surface area contributed by atoms with E-state index in [1.165, 1.54) is 14.2 Å². The van der Waals surface area contributed by atoms with Crippen LogP contribution in [0, 0.1) is 0 Å². The molecule has 0 spiro atoms. The molecule has 0 bridgehead atoms. The summed E-state index contributed by atoms with van der Waals surface area (Å²) in [6.07, 6.45) is -1.63. The van der Waals surface area contributed by atoms with Crippen LogP contribution in [0.25, 0.3) is 0 Å². The van der Waals surface area contributed by atoms with E-state index < -0.39 is 18.5 Å². The van der Waals surface area contributed by atoms with Crippen molar-refractivity contribution >= 4 is 0 Å². The summed E-state index contributed by atoms with van der Waals surface area (Å²) in [6, 6.07) is 0. The number of ether oxygens (including phenoxy) is 3. The minimum atomic E-state index is -0.693. The van der Waals surface area contributed by atoms with Crippen molar-refractivity contribution in [2.75, 3.05) is 20.8 Å². The minimum absolute atomic E-state index is 0.211. The zero-order valence-corrected chi connectivity index (χ0v) is 7.84. The van der Waals surface area contributed by atoms with Crippen molar-refractivity contribution in [3.63, 3.8) is 0 Å². The molecule has 1 saturated heterocycles. The van der Waals surface area contributed by atoms with Crippen molar-refractivity contribution in [2.24, 2.45) is 0 Å². The highest BCUT2D eigenvalue weighted by atomic mass is 16.7. The van der Waals surface area contributed by atoms with Gasteiger partial charge >= 0.3 is 0 Å². The van der Waals surface area contributed by atoms with Gasteiger partial charge in [0.1, 0.15) is 12.2 Å². The number of aliphatic hydroxyl groups is 2. The maximum absolute atomic E-state index is 9.46. The van der Waals surface area contributed by atoms with E-state index in [0.29, 0.717) is 6.42 Å². The normalized spacial score (nSPS) is 40.6. The van der Waals surface area contributed by atoms with Gasteiger partial charge in [0.25, 0.3) is 0 Å². The molecule has 0 aromatic carbocycles. The fourth-order valence-corrected chi connectivity index (χ4v) is 1.43. The highest BCUT2D eigenvalue weighted by Gasteiger charge is 2.36.